The Kier molecular flexibility index (Phi) is 6.62. The summed E-state index contributed by atoms with van der Waals surface area (Å²) in [5, 5.41) is 22.3. The molecule has 0 radical (unpaired) electrons. The van der Waals surface area contributed by atoms with Crippen LogP contribution in [0, 0.1) is 0 Å². The molecular weight excluding hydrogens is 453 g/mol. The second-order valence-corrected chi connectivity index (χ2v) is 8.40. The molecule has 1 aliphatic rings. The number of nitrogens with zero attached hydrogens (tertiary/aromatic N) is 3. The highest BCUT2D eigenvalue weighted by molar-refractivity contribution is 6.30. The highest BCUT2D eigenvalue weighted by Gasteiger charge is 2.31. The molecule has 0 spiro atoms. The Labute approximate surface area is 194 Å². The molecule has 2 aromatic carbocycles. The van der Waals surface area contributed by atoms with E-state index < -0.39 is 5.97 Å². The van der Waals surface area contributed by atoms with E-state index in [9.17, 15) is 14.7 Å². The quantitative estimate of drug-likeness (QED) is 0.543. The van der Waals surface area contributed by atoms with Gasteiger partial charge in [0, 0.05) is 22.4 Å². The monoisotopic (exact) mass is 472 g/mol. The van der Waals surface area contributed by atoms with E-state index in [0.717, 1.165) is 11.1 Å². The Morgan fingerprint density at radius 2 is 1.66 bits per heavy atom. The SMILES string of the molecule is O=C([O-])CCCC(=O)Nc1nc2n(n1)[C@@H](c1ccc(Cl)cc1)C[C@@H](c1ccc(Cl)cc1)N2. The molecule has 0 unspecified atom stereocenters. The summed E-state index contributed by atoms with van der Waals surface area (Å²) in [4.78, 5) is 27.1. The second-order valence-electron chi connectivity index (χ2n) is 7.53. The van der Waals surface area contributed by atoms with Crippen LogP contribution in [0.25, 0.3) is 0 Å². The van der Waals surface area contributed by atoms with Gasteiger partial charge in [0.05, 0.1) is 12.1 Å². The van der Waals surface area contributed by atoms with Crippen LogP contribution in [0.4, 0.5) is 11.9 Å². The average molecular weight is 473 g/mol. The van der Waals surface area contributed by atoms with Crippen molar-refractivity contribution in [2.24, 2.45) is 0 Å². The lowest BCUT2D eigenvalue weighted by atomic mass is 9.93. The van der Waals surface area contributed by atoms with Crippen LogP contribution >= 0.6 is 23.2 Å². The molecule has 2 atom stereocenters. The number of hydrogen-bond donors (Lipinski definition) is 2. The number of amides is 1. The minimum Gasteiger partial charge on any atom is -0.550 e. The van der Waals surface area contributed by atoms with Crippen molar-refractivity contribution in [3.8, 4) is 0 Å². The number of carboxylic acid groups (broad SMARTS) is 1. The van der Waals surface area contributed by atoms with Crippen LogP contribution in [0.3, 0.4) is 0 Å². The van der Waals surface area contributed by atoms with Gasteiger partial charge in [-0.1, -0.05) is 47.5 Å². The van der Waals surface area contributed by atoms with Gasteiger partial charge in [0.2, 0.25) is 11.9 Å². The number of anilines is 2. The fourth-order valence-corrected chi connectivity index (χ4v) is 3.94. The van der Waals surface area contributed by atoms with Crippen LogP contribution in [0.1, 0.15) is 48.9 Å². The third kappa shape index (κ3) is 5.20. The lowest BCUT2D eigenvalue weighted by Gasteiger charge is -2.31. The van der Waals surface area contributed by atoms with Crippen molar-refractivity contribution >= 4 is 47.0 Å². The summed E-state index contributed by atoms with van der Waals surface area (Å²) < 4.78 is 1.74. The summed E-state index contributed by atoms with van der Waals surface area (Å²) in [6.45, 7) is 0. The van der Waals surface area contributed by atoms with E-state index in [-0.39, 0.29) is 43.2 Å². The van der Waals surface area contributed by atoms with Gasteiger partial charge in [0.25, 0.3) is 5.95 Å². The van der Waals surface area contributed by atoms with E-state index in [1.165, 1.54) is 0 Å². The fraction of sp³-hybridized carbons (Fsp3) is 0.273. The largest absolute Gasteiger partial charge is 0.550 e. The van der Waals surface area contributed by atoms with Gasteiger partial charge in [-0.2, -0.15) is 4.98 Å². The number of hydrogen-bond acceptors (Lipinski definition) is 6. The molecule has 0 saturated heterocycles. The van der Waals surface area contributed by atoms with Crippen LogP contribution < -0.4 is 15.7 Å². The van der Waals surface area contributed by atoms with Crippen molar-refractivity contribution < 1.29 is 14.7 Å². The number of fused-ring (bicyclic) bond motifs is 1. The Balaban J connectivity index is 1.59. The van der Waals surface area contributed by atoms with Crippen LogP contribution in [0.2, 0.25) is 10.0 Å². The lowest BCUT2D eigenvalue weighted by molar-refractivity contribution is -0.305. The maximum atomic E-state index is 12.2. The number of rotatable bonds is 7. The normalized spacial score (nSPS) is 17.3. The molecule has 1 amide bonds. The molecule has 4 rings (SSSR count). The molecule has 1 aliphatic heterocycles. The maximum Gasteiger partial charge on any atom is 0.250 e. The van der Waals surface area contributed by atoms with Crippen molar-refractivity contribution in [3.63, 3.8) is 0 Å². The van der Waals surface area contributed by atoms with Gasteiger partial charge in [-0.15, -0.1) is 5.10 Å². The third-order valence-electron chi connectivity index (χ3n) is 5.25. The number of carbonyl (C=O) groups excluding carboxylic acids is 2. The zero-order chi connectivity index (χ0) is 22.7. The second kappa shape index (κ2) is 9.58. The zero-order valence-electron chi connectivity index (χ0n) is 16.9. The average Bonchev–Trinajstić information content (AvgIpc) is 3.16. The van der Waals surface area contributed by atoms with Crippen LogP contribution in [0.5, 0.6) is 0 Å². The van der Waals surface area contributed by atoms with Crippen molar-refractivity contribution in [3.05, 3.63) is 69.7 Å². The molecule has 166 valence electrons. The van der Waals surface area contributed by atoms with Crippen molar-refractivity contribution in [2.75, 3.05) is 10.6 Å². The van der Waals surface area contributed by atoms with Crippen LogP contribution in [-0.2, 0) is 9.59 Å². The number of benzene rings is 2. The van der Waals surface area contributed by atoms with Gasteiger partial charge in [-0.3, -0.25) is 10.1 Å². The topological polar surface area (TPSA) is 112 Å². The van der Waals surface area contributed by atoms with E-state index >= 15 is 0 Å². The number of carboxylic acids is 1. The number of aliphatic carboxylic acids is 1. The first-order valence-corrected chi connectivity index (χ1v) is 10.9. The maximum absolute atomic E-state index is 12.2. The predicted molar refractivity (Wildman–Crippen MR) is 120 cm³/mol. The van der Waals surface area contributed by atoms with Gasteiger partial charge in [0.15, 0.2) is 0 Å². The van der Waals surface area contributed by atoms with E-state index in [2.05, 4.69) is 20.7 Å². The first-order chi connectivity index (χ1) is 15.4. The van der Waals surface area contributed by atoms with Gasteiger partial charge in [-0.05, 0) is 54.7 Å². The molecule has 0 aliphatic carbocycles. The third-order valence-corrected chi connectivity index (χ3v) is 5.76. The summed E-state index contributed by atoms with van der Waals surface area (Å²) in [5.41, 5.74) is 2.06. The number of halogens is 2. The summed E-state index contributed by atoms with van der Waals surface area (Å²) in [7, 11) is 0. The van der Waals surface area contributed by atoms with Crippen molar-refractivity contribution in [1.82, 2.24) is 14.8 Å². The zero-order valence-corrected chi connectivity index (χ0v) is 18.4. The van der Waals surface area contributed by atoms with Gasteiger partial charge >= 0.3 is 0 Å². The summed E-state index contributed by atoms with van der Waals surface area (Å²) in [5.74, 6) is -0.869. The van der Waals surface area contributed by atoms with Crippen LogP contribution in [-0.4, -0.2) is 26.6 Å². The van der Waals surface area contributed by atoms with Gasteiger partial charge in [-0.25, -0.2) is 4.68 Å². The predicted octanol–water partition coefficient (Wildman–Crippen LogP) is 3.59. The first kappa shape index (κ1) is 22.1. The smallest absolute Gasteiger partial charge is 0.250 e. The molecule has 3 aromatic rings. The minimum atomic E-state index is -1.18. The molecule has 10 heteroatoms. The van der Waals surface area contributed by atoms with E-state index in [1.807, 2.05) is 48.5 Å². The highest BCUT2D eigenvalue weighted by atomic mass is 35.5. The van der Waals surface area contributed by atoms with E-state index in [1.54, 1.807) is 4.68 Å². The van der Waals surface area contributed by atoms with Crippen molar-refractivity contribution in [1.29, 1.82) is 0 Å². The molecule has 0 saturated carbocycles. The molecule has 1 aromatic heterocycles. The Hall–Kier alpha value is -3.10. The standard InChI is InChI=1S/C22H21Cl2N5O3/c23-15-8-4-13(5-9-15)17-12-18(14-6-10-16(24)11-7-14)29-22(25-17)27-21(28-29)26-19(30)2-1-3-20(31)32/h4-11,17-18H,1-3,12H2,(H,31,32)(H2,25,26,27,28,30)/p-1/t17-,18+/m0/s1. The number of aromatic nitrogens is 3. The molecule has 32 heavy (non-hydrogen) atoms. The summed E-state index contributed by atoms with van der Waals surface area (Å²) in [6.07, 6.45) is 0.743. The fourth-order valence-electron chi connectivity index (χ4n) is 3.69. The molecule has 2 heterocycles. The summed E-state index contributed by atoms with van der Waals surface area (Å²) in [6, 6.07) is 15.0. The first-order valence-electron chi connectivity index (χ1n) is 10.1. The molecule has 0 bridgehead atoms. The molecule has 0 fully saturated rings. The minimum absolute atomic E-state index is 0.0410. The Morgan fingerprint density at radius 3 is 2.28 bits per heavy atom. The van der Waals surface area contributed by atoms with Gasteiger partial charge in [0.1, 0.15) is 0 Å². The summed E-state index contributed by atoms with van der Waals surface area (Å²) >= 11 is 12.1. The molecule has 2 N–H and O–H groups in total. The molecular formula is C22H20Cl2N5O3-. The Bertz CT molecular complexity index is 1120. The van der Waals surface area contributed by atoms with Gasteiger partial charge < -0.3 is 15.2 Å². The number of nitrogens with one attached hydrogen (secondary N) is 2. The van der Waals surface area contributed by atoms with E-state index in [4.69, 9.17) is 23.2 Å². The Morgan fingerprint density at radius 1 is 1.03 bits per heavy atom. The number of carbonyl (C=O) groups is 2. The van der Waals surface area contributed by atoms with Crippen LogP contribution in [0.15, 0.2) is 48.5 Å². The van der Waals surface area contributed by atoms with E-state index in [0.29, 0.717) is 22.4 Å². The lowest BCUT2D eigenvalue weighted by Crippen LogP contribution is -2.28. The molecule has 8 nitrogen and oxygen atoms in total. The van der Waals surface area contributed by atoms with Crippen molar-refractivity contribution in [2.45, 2.75) is 37.8 Å². The highest BCUT2D eigenvalue weighted by Crippen LogP contribution is 2.38.